The fraction of sp³-hybridized carbons (Fsp3) is 0.692. The number of rotatable bonds is 5. The molecule has 1 aliphatic rings. The van der Waals surface area contributed by atoms with Crippen LogP contribution in [0.3, 0.4) is 0 Å². The molecule has 0 aliphatic carbocycles. The zero-order chi connectivity index (χ0) is 16.5. The average Bonchev–Trinajstić information content (AvgIpc) is 3.02. The molecule has 0 radical (unpaired) electrons. The summed E-state index contributed by atoms with van der Waals surface area (Å²) in [5, 5.41) is 6.95. The van der Waals surface area contributed by atoms with Gasteiger partial charge in [-0.1, -0.05) is 0 Å². The Kier molecular flexibility index (Phi) is 4.88. The van der Waals surface area contributed by atoms with E-state index in [-0.39, 0.29) is 23.5 Å². The molecule has 2 rings (SSSR count). The molecule has 0 saturated carbocycles. The maximum atomic E-state index is 12.9. The Morgan fingerprint density at radius 3 is 2.77 bits per heavy atom. The fourth-order valence-corrected chi connectivity index (χ4v) is 4.61. The van der Waals surface area contributed by atoms with Crippen LogP contribution in [0.1, 0.15) is 26.0 Å². The molecular weight excluding hydrogens is 306 g/mol. The van der Waals surface area contributed by atoms with Crippen LogP contribution in [0.5, 0.6) is 0 Å². The number of carbonyl (C=O) groups excluding carboxylic acids is 1. The van der Waals surface area contributed by atoms with Crippen LogP contribution in [0.2, 0.25) is 0 Å². The van der Waals surface area contributed by atoms with Crippen LogP contribution in [-0.4, -0.2) is 53.6 Å². The van der Waals surface area contributed by atoms with Crippen molar-refractivity contribution in [3.8, 4) is 0 Å². The second-order valence-corrected chi connectivity index (χ2v) is 7.26. The summed E-state index contributed by atoms with van der Waals surface area (Å²) in [7, 11) is -3.81. The van der Waals surface area contributed by atoms with Gasteiger partial charge in [0, 0.05) is 25.7 Å². The molecular formula is C13H23N5O3S. The first-order chi connectivity index (χ1) is 10.3. The van der Waals surface area contributed by atoms with Crippen molar-refractivity contribution in [3.05, 3.63) is 11.8 Å². The highest BCUT2D eigenvalue weighted by atomic mass is 32.2. The first-order valence-corrected chi connectivity index (χ1v) is 8.84. The minimum atomic E-state index is -3.81. The zero-order valence-electron chi connectivity index (χ0n) is 13.1. The number of likely N-dealkylation sites (N-methyl/N-ethyl adjacent to an activating group) is 1. The predicted octanol–water partition coefficient (Wildman–Crippen LogP) is -0.562. The van der Waals surface area contributed by atoms with Gasteiger partial charge in [-0.3, -0.25) is 9.48 Å². The molecule has 3 N–H and O–H groups in total. The molecule has 1 amide bonds. The lowest BCUT2D eigenvalue weighted by atomic mass is 10.2. The molecule has 9 heteroatoms. The molecule has 0 unspecified atom stereocenters. The van der Waals surface area contributed by atoms with Crippen LogP contribution >= 0.6 is 0 Å². The number of hydrogen-bond donors (Lipinski definition) is 2. The molecule has 0 aromatic carbocycles. The third kappa shape index (κ3) is 3.01. The van der Waals surface area contributed by atoms with Crippen LogP contribution in [0.15, 0.2) is 11.1 Å². The smallest absolute Gasteiger partial charge is 0.261 e. The fourth-order valence-electron chi connectivity index (χ4n) is 2.71. The predicted molar refractivity (Wildman–Crippen MR) is 81.6 cm³/mol. The van der Waals surface area contributed by atoms with Crippen LogP contribution in [-0.2, 0) is 21.4 Å². The second kappa shape index (κ2) is 6.35. The summed E-state index contributed by atoms with van der Waals surface area (Å²) in [6.07, 6.45) is 0.324. The van der Waals surface area contributed by atoms with Gasteiger partial charge in [0.15, 0.2) is 5.03 Å². The summed E-state index contributed by atoms with van der Waals surface area (Å²) in [6.45, 7) is 6.38. The van der Waals surface area contributed by atoms with Crippen LogP contribution < -0.4 is 11.1 Å². The minimum absolute atomic E-state index is 0.107. The summed E-state index contributed by atoms with van der Waals surface area (Å²) in [6, 6.07) is 0.416. The lowest BCUT2D eigenvalue weighted by molar-refractivity contribution is -0.124. The van der Waals surface area contributed by atoms with Gasteiger partial charge >= 0.3 is 0 Å². The highest BCUT2D eigenvalue weighted by Gasteiger charge is 2.43. The molecule has 1 aromatic rings. The van der Waals surface area contributed by atoms with Crippen molar-refractivity contribution in [1.82, 2.24) is 19.4 Å². The Hall–Kier alpha value is -1.45. The lowest BCUT2D eigenvalue weighted by Gasteiger charge is -2.23. The van der Waals surface area contributed by atoms with E-state index in [1.807, 2.05) is 6.92 Å². The largest absolute Gasteiger partial charge is 0.355 e. The Morgan fingerprint density at radius 1 is 1.50 bits per heavy atom. The first kappa shape index (κ1) is 16.9. The van der Waals surface area contributed by atoms with E-state index in [0.717, 1.165) is 0 Å². The van der Waals surface area contributed by atoms with Crippen molar-refractivity contribution in [3.63, 3.8) is 0 Å². The highest BCUT2D eigenvalue weighted by Crippen LogP contribution is 2.26. The molecule has 1 saturated heterocycles. The van der Waals surface area contributed by atoms with Crippen LogP contribution in [0, 0.1) is 6.92 Å². The van der Waals surface area contributed by atoms with E-state index in [4.69, 9.17) is 5.73 Å². The summed E-state index contributed by atoms with van der Waals surface area (Å²) in [4.78, 5) is 12.1. The average molecular weight is 329 g/mol. The number of nitrogens with zero attached hydrogens (tertiary/aromatic N) is 3. The zero-order valence-corrected chi connectivity index (χ0v) is 13.9. The lowest BCUT2D eigenvalue weighted by Crippen LogP contribution is -2.46. The van der Waals surface area contributed by atoms with Crippen molar-refractivity contribution in [1.29, 1.82) is 0 Å². The number of aromatic nitrogens is 2. The molecule has 8 nitrogen and oxygen atoms in total. The Bertz CT molecular complexity index is 655. The van der Waals surface area contributed by atoms with Crippen molar-refractivity contribution in [2.24, 2.45) is 5.73 Å². The highest BCUT2D eigenvalue weighted by molar-refractivity contribution is 7.89. The second-order valence-electron chi connectivity index (χ2n) is 5.42. The van der Waals surface area contributed by atoms with E-state index in [1.165, 1.54) is 15.1 Å². The van der Waals surface area contributed by atoms with E-state index < -0.39 is 16.1 Å². The molecule has 0 spiro atoms. The van der Waals surface area contributed by atoms with Gasteiger partial charge in [0.25, 0.3) is 10.0 Å². The van der Waals surface area contributed by atoms with Crippen LogP contribution in [0.25, 0.3) is 0 Å². The Morgan fingerprint density at radius 2 is 2.18 bits per heavy atom. The summed E-state index contributed by atoms with van der Waals surface area (Å²) >= 11 is 0. The third-order valence-corrected chi connectivity index (χ3v) is 5.56. The van der Waals surface area contributed by atoms with Gasteiger partial charge < -0.3 is 11.1 Å². The molecule has 1 aliphatic heterocycles. The van der Waals surface area contributed by atoms with Gasteiger partial charge in [-0.2, -0.15) is 9.40 Å². The van der Waals surface area contributed by atoms with Crippen molar-refractivity contribution >= 4 is 15.9 Å². The molecule has 22 heavy (non-hydrogen) atoms. The maximum absolute atomic E-state index is 12.9. The van der Waals surface area contributed by atoms with Gasteiger partial charge in [-0.25, -0.2) is 8.42 Å². The van der Waals surface area contributed by atoms with Gasteiger partial charge in [-0.15, -0.1) is 0 Å². The number of sulfonamides is 1. The van der Waals surface area contributed by atoms with Gasteiger partial charge in [0.2, 0.25) is 5.91 Å². The first-order valence-electron chi connectivity index (χ1n) is 7.40. The normalized spacial score (nSPS) is 22.9. The minimum Gasteiger partial charge on any atom is -0.355 e. The molecule has 124 valence electrons. The molecule has 0 bridgehead atoms. The number of aryl methyl sites for hydroxylation is 2. The molecule has 2 heterocycles. The quantitative estimate of drug-likeness (QED) is 0.752. The Balaban J connectivity index is 2.40. The SMILES string of the molecule is CCNC(=O)[C@@H]1C[C@H](N)CN1S(=O)(=O)c1cc(C)nn1CC. The Labute approximate surface area is 130 Å². The van der Waals surface area contributed by atoms with E-state index >= 15 is 0 Å². The molecule has 2 atom stereocenters. The monoisotopic (exact) mass is 329 g/mol. The third-order valence-electron chi connectivity index (χ3n) is 3.68. The van der Waals surface area contributed by atoms with E-state index in [1.54, 1.807) is 13.8 Å². The summed E-state index contributed by atoms with van der Waals surface area (Å²) < 4.78 is 28.5. The number of hydrogen-bond acceptors (Lipinski definition) is 5. The van der Waals surface area contributed by atoms with E-state index in [9.17, 15) is 13.2 Å². The number of carbonyl (C=O) groups is 1. The number of amides is 1. The molecule has 1 fully saturated rings. The van der Waals surface area contributed by atoms with Crippen LogP contribution in [0.4, 0.5) is 0 Å². The van der Waals surface area contributed by atoms with Gasteiger partial charge in [0.1, 0.15) is 6.04 Å². The number of nitrogens with two attached hydrogens (primary N) is 1. The number of nitrogens with one attached hydrogen (secondary N) is 1. The van der Waals surface area contributed by atoms with Gasteiger partial charge in [0.05, 0.1) is 5.69 Å². The molecule has 1 aromatic heterocycles. The summed E-state index contributed by atoms with van der Waals surface area (Å²) in [5.74, 6) is -0.307. The summed E-state index contributed by atoms with van der Waals surface area (Å²) in [5.41, 5.74) is 6.52. The van der Waals surface area contributed by atoms with Crippen molar-refractivity contribution < 1.29 is 13.2 Å². The van der Waals surface area contributed by atoms with E-state index in [0.29, 0.717) is 25.2 Å². The van der Waals surface area contributed by atoms with Crippen molar-refractivity contribution in [2.75, 3.05) is 13.1 Å². The standard InChI is InChI=1S/C13H23N5O3S/c1-4-15-13(19)11-7-10(14)8-18(11)22(20,21)12-6-9(3)16-17(12)5-2/h6,10-11H,4-5,7-8,14H2,1-3H3,(H,15,19)/t10-,11-/m0/s1. The van der Waals surface area contributed by atoms with Crippen molar-refractivity contribution in [2.45, 2.75) is 50.8 Å². The maximum Gasteiger partial charge on any atom is 0.261 e. The van der Waals surface area contributed by atoms with E-state index in [2.05, 4.69) is 10.4 Å². The van der Waals surface area contributed by atoms with Gasteiger partial charge in [-0.05, 0) is 33.3 Å². The topological polar surface area (TPSA) is 110 Å².